The Morgan fingerprint density at radius 2 is 1.86 bits per heavy atom. The molecule has 0 radical (unpaired) electrons. The van der Waals surface area contributed by atoms with E-state index < -0.39 is 33.2 Å². The van der Waals surface area contributed by atoms with Crippen LogP contribution in [0.2, 0.25) is 0 Å². The van der Waals surface area contributed by atoms with Gasteiger partial charge in [0.1, 0.15) is 5.82 Å². The van der Waals surface area contributed by atoms with Crippen molar-refractivity contribution in [3.05, 3.63) is 23.5 Å². The van der Waals surface area contributed by atoms with Gasteiger partial charge >= 0.3 is 0 Å². The summed E-state index contributed by atoms with van der Waals surface area (Å²) in [7, 11) is -0.706. The number of phenolic OH excluding ortho intramolecular Hbond substituents is 2. The summed E-state index contributed by atoms with van der Waals surface area (Å²) in [6, 6.07) is 2.09. The Morgan fingerprint density at radius 1 is 1.24 bits per heavy atom. The second-order valence-corrected chi connectivity index (χ2v) is 6.34. The van der Waals surface area contributed by atoms with Gasteiger partial charge < -0.3 is 10.2 Å². The van der Waals surface area contributed by atoms with Crippen molar-refractivity contribution in [2.75, 3.05) is 26.4 Å². The van der Waals surface area contributed by atoms with Gasteiger partial charge in [-0.2, -0.15) is 8.42 Å². The number of nitrogens with zero attached hydrogens (tertiary/aromatic N) is 2. The van der Waals surface area contributed by atoms with Gasteiger partial charge in [-0.15, -0.1) is 0 Å². The van der Waals surface area contributed by atoms with Crippen LogP contribution in [0.5, 0.6) is 11.5 Å². The lowest BCUT2D eigenvalue weighted by atomic mass is 10.1. The molecule has 0 aliphatic heterocycles. The summed E-state index contributed by atoms with van der Waals surface area (Å²) in [5.41, 5.74) is -0.0874. The molecule has 0 aromatic heterocycles. The van der Waals surface area contributed by atoms with Crippen molar-refractivity contribution in [1.82, 2.24) is 10.0 Å². The van der Waals surface area contributed by atoms with Crippen molar-refractivity contribution in [2.45, 2.75) is 13.0 Å². The molecule has 120 valence electrons. The quantitative estimate of drug-likeness (QED) is 0.387. The predicted octanol–water partition coefficient (Wildman–Crippen LogP) is 0.793. The standard InChI is InChI=1S/C12H19FN2O5S/c1-14(2)15(6-3-7-21(18,19)20)8-9-10(13)4-5-11(16)12(9)17/h4-5,16-17H,3,6-8H2,1-2H3,(H,18,19,20). The van der Waals surface area contributed by atoms with E-state index in [4.69, 9.17) is 4.55 Å². The van der Waals surface area contributed by atoms with E-state index in [1.165, 1.54) is 0 Å². The zero-order chi connectivity index (χ0) is 16.2. The van der Waals surface area contributed by atoms with Gasteiger partial charge in [-0.05, 0) is 18.6 Å². The van der Waals surface area contributed by atoms with Crippen molar-refractivity contribution < 1.29 is 27.6 Å². The minimum atomic E-state index is -4.05. The summed E-state index contributed by atoms with van der Waals surface area (Å²) in [6.07, 6.45) is 0.137. The van der Waals surface area contributed by atoms with Gasteiger partial charge in [0.2, 0.25) is 0 Å². The molecule has 1 aromatic carbocycles. The zero-order valence-electron chi connectivity index (χ0n) is 11.8. The van der Waals surface area contributed by atoms with E-state index >= 15 is 0 Å². The summed E-state index contributed by atoms with van der Waals surface area (Å²) < 4.78 is 43.8. The molecule has 0 unspecified atom stereocenters. The average molecular weight is 322 g/mol. The topological polar surface area (TPSA) is 101 Å². The van der Waals surface area contributed by atoms with Gasteiger partial charge in [0.15, 0.2) is 11.5 Å². The van der Waals surface area contributed by atoms with Crippen LogP contribution in [0.25, 0.3) is 0 Å². The molecule has 7 nitrogen and oxygen atoms in total. The lowest BCUT2D eigenvalue weighted by Crippen LogP contribution is -2.38. The number of rotatable bonds is 7. The van der Waals surface area contributed by atoms with E-state index in [0.717, 1.165) is 12.1 Å². The fraction of sp³-hybridized carbons (Fsp3) is 0.500. The van der Waals surface area contributed by atoms with Crippen molar-refractivity contribution in [3.8, 4) is 11.5 Å². The SMILES string of the molecule is CN(C)N(CCCS(=O)(=O)O)Cc1c(F)ccc(O)c1O. The summed E-state index contributed by atoms with van der Waals surface area (Å²) in [5, 5.41) is 22.3. The highest BCUT2D eigenvalue weighted by Gasteiger charge is 2.18. The number of aromatic hydroxyl groups is 2. The lowest BCUT2D eigenvalue weighted by molar-refractivity contribution is 0.0148. The first kappa shape index (κ1) is 17.6. The Labute approximate surface area is 122 Å². The van der Waals surface area contributed by atoms with Gasteiger partial charge in [0.25, 0.3) is 10.1 Å². The summed E-state index contributed by atoms with van der Waals surface area (Å²) in [5.74, 6) is -2.06. The third kappa shape index (κ3) is 5.46. The number of benzene rings is 1. The van der Waals surface area contributed by atoms with E-state index in [1.807, 2.05) is 0 Å². The highest BCUT2D eigenvalue weighted by molar-refractivity contribution is 7.85. The Hall–Kier alpha value is -1.42. The maximum Gasteiger partial charge on any atom is 0.264 e. The molecule has 21 heavy (non-hydrogen) atoms. The van der Waals surface area contributed by atoms with E-state index in [-0.39, 0.29) is 25.1 Å². The van der Waals surface area contributed by atoms with Crippen molar-refractivity contribution in [1.29, 1.82) is 0 Å². The Balaban J connectivity index is 2.82. The number of hydrogen-bond acceptors (Lipinski definition) is 6. The molecule has 1 aromatic rings. The molecule has 1 rings (SSSR count). The first-order chi connectivity index (χ1) is 9.61. The Bertz CT molecular complexity index is 592. The summed E-state index contributed by atoms with van der Waals surface area (Å²) in [6.45, 7) is 0.172. The van der Waals surface area contributed by atoms with Crippen LogP contribution in [0.1, 0.15) is 12.0 Å². The smallest absolute Gasteiger partial charge is 0.264 e. The average Bonchev–Trinajstić information content (AvgIpc) is 2.35. The van der Waals surface area contributed by atoms with Gasteiger partial charge in [-0.1, -0.05) is 0 Å². The van der Waals surface area contributed by atoms with E-state index in [2.05, 4.69) is 0 Å². The van der Waals surface area contributed by atoms with Gasteiger partial charge in [-0.25, -0.2) is 14.4 Å². The first-order valence-corrected chi connectivity index (χ1v) is 7.79. The highest BCUT2D eigenvalue weighted by atomic mass is 32.2. The van der Waals surface area contributed by atoms with Crippen LogP contribution >= 0.6 is 0 Å². The maximum absolute atomic E-state index is 13.7. The lowest BCUT2D eigenvalue weighted by Gasteiger charge is -2.29. The molecule has 0 aliphatic rings. The normalized spacial score (nSPS) is 12.3. The number of hydrazine groups is 1. The van der Waals surface area contributed by atoms with E-state index in [1.54, 1.807) is 24.1 Å². The summed E-state index contributed by atoms with van der Waals surface area (Å²) >= 11 is 0. The van der Waals surface area contributed by atoms with Crippen molar-refractivity contribution in [3.63, 3.8) is 0 Å². The van der Waals surface area contributed by atoms with Gasteiger partial charge in [0, 0.05) is 32.7 Å². The monoisotopic (exact) mass is 322 g/mol. The second-order valence-electron chi connectivity index (χ2n) is 4.77. The summed E-state index contributed by atoms with van der Waals surface area (Å²) in [4.78, 5) is 0. The molecule has 0 aliphatic carbocycles. The Kier molecular flexibility index (Phi) is 5.90. The van der Waals surface area contributed by atoms with Crippen LogP contribution in [-0.2, 0) is 16.7 Å². The minimum absolute atomic E-state index is 0.0510. The van der Waals surface area contributed by atoms with E-state index in [0.29, 0.717) is 0 Å². The fourth-order valence-electron chi connectivity index (χ4n) is 1.78. The van der Waals surface area contributed by atoms with Crippen molar-refractivity contribution >= 4 is 10.1 Å². The van der Waals surface area contributed by atoms with Crippen LogP contribution < -0.4 is 0 Å². The molecule has 0 atom stereocenters. The van der Waals surface area contributed by atoms with Gasteiger partial charge in [-0.3, -0.25) is 4.55 Å². The molecular formula is C12H19FN2O5S. The van der Waals surface area contributed by atoms with E-state index in [9.17, 15) is 23.0 Å². The molecule has 0 saturated heterocycles. The fourth-order valence-corrected chi connectivity index (χ4v) is 2.28. The largest absolute Gasteiger partial charge is 0.504 e. The third-order valence-corrected chi connectivity index (χ3v) is 3.73. The molecule has 0 saturated carbocycles. The van der Waals surface area contributed by atoms with Crippen molar-refractivity contribution in [2.24, 2.45) is 0 Å². The van der Waals surface area contributed by atoms with Crippen LogP contribution in [0, 0.1) is 5.82 Å². The van der Waals surface area contributed by atoms with Crippen LogP contribution in [-0.4, -0.2) is 59.6 Å². The number of phenols is 2. The second kappa shape index (κ2) is 7.03. The molecular weight excluding hydrogens is 303 g/mol. The highest BCUT2D eigenvalue weighted by Crippen LogP contribution is 2.31. The van der Waals surface area contributed by atoms with Gasteiger partial charge in [0.05, 0.1) is 5.75 Å². The van der Waals surface area contributed by atoms with Crippen LogP contribution in [0.4, 0.5) is 4.39 Å². The zero-order valence-corrected chi connectivity index (χ0v) is 12.6. The molecule has 0 bridgehead atoms. The van der Waals surface area contributed by atoms with Crippen LogP contribution in [0.15, 0.2) is 12.1 Å². The minimum Gasteiger partial charge on any atom is -0.504 e. The molecule has 0 heterocycles. The molecule has 0 fully saturated rings. The molecule has 0 spiro atoms. The Morgan fingerprint density at radius 3 is 2.38 bits per heavy atom. The molecule has 9 heteroatoms. The molecule has 0 amide bonds. The van der Waals surface area contributed by atoms with Crippen LogP contribution in [0.3, 0.4) is 0 Å². The third-order valence-electron chi connectivity index (χ3n) is 2.93. The maximum atomic E-state index is 13.7. The number of hydrogen-bond donors (Lipinski definition) is 3. The molecule has 3 N–H and O–H groups in total. The number of halogens is 1. The predicted molar refractivity (Wildman–Crippen MR) is 74.9 cm³/mol. The first-order valence-electron chi connectivity index (χ1n) is 6.18.